The topological polar surface area (TPSA) is 49.0 Å². The lowest BCUT2D eigenvalue weighted by Gasteiger charge is -2.08. The molecule has 1 N–H and O–H groups in total. The lowest BCUT2D eigenvalue weighted by atomic mass is 10.2. The third-order valence-electron chi connectivity index (χ3n) is 2.37. The van der Waals surface area contributed by atoms with E-state index in [1.54, 1.807) is 7.11 Å². The molecule has 0 saturated carbocycles. The van der Waals surface area contributed by atoms with Crippen LogP contribution in [0.15, 0.2) is 0 Å². The molecule has 0 aromatic rings. The monoisotopic (exact) mass is 277 g/mol. The van der Waals surface area contributed by atoms with Crippen LogP contribution in [0.3, 0.4) is 0 Å². The van der Waals surface area contributed by atoms with Crippen LogP contribution in [0.4, 0.5) is 0 Å². The zero-order valence-electron chi connectivity index (χ0n) is 12.8. The normalized spacial score (nSPS) is 11.4. The first-order valence-electron chi connectivity index (χ1n) is 7.20. The largest absolute Gasteiger partial charge is 0.382 e. The van der Waals surface area contributed by atoms with Crippen molar-refractivity contribution in [3.63, 3.8) is 0 Å². The smallest absolute Gasteiger partial charge is 0.0701 e. The molecule has 0 fully saturated rings. The molecule has 0 amide bonds. The molecule has 0 aromatic heterocycles. The molecule has 0 atom stereocenters. The third-order valence-corrected chi connectivity index (χ3v) is 2.37. The molecule has 0 aliphatic carbocycles. The number of rotatable bonds is 15. The Bertz CT molecular complexity index is 168. The zero-order chi connectivity index (χ0) is 14.2. The van der Waals surface area contributed by atoms with E-state index in [9.17, 15) is 0 Å². The summed E-state index contributed by atoms with van der Waals surface area (Å²) in [6.07, 6.45) is 1.05. The molecule has 0 aliphatic heterocycles. The Kier molecular flexibility index (Phi) is 15.7. The van der Waals surface area contributed by atoms with Gasteiger partial charge in [0, 0.05) is 13.7 Å². The van der Waals surface area contributed by atoms with Gasteiger partial charge in [0.2, 0.25) is 0 Å². The Morgan fingerprint density at radius 1 is 0.789 bits per heavy atom. The number of methoxy groups -OCH3 is 1. The summed E-state index contributed by atoms with van der Waals surface area (Å²) in [6, 6.07) is 0. The van der Waals surface area contributed by atoms with Crippen LogP contribution in [-0.2, 0) is 18.9 Å². The summed E-state index contributed by atoms with van der Waals surface area (Å²) in [5.74, 6) is 0.709. The molecular weight excluding hydrogens is 246 g/mol. The minimum absolute atomic E-state index is 0.614. The Balaban J connectivity index is 2.91. The van der Waals surface area contributed by atoms with Gasteiger partial charge in [-0.2, -0.15) is 0 Å². The van der Waals surface area contributed by atoms with Gasteiger partial charge < -0.3 is 24.3 Å². The molecule has 0 heterocycles. The van der Waals surface area contributed by atoms with Crippen LogP contribution in [0.5, 0.6) is 0 Å². The molecule has 0 saturated heterocycles. The van der Waals surface area contributed by atoms with Crippen molar-refractivity contribution in [2.75, 3.05) is 66.4 Å². The van der Waals surface area contributed by atoms with Crippen molar-refractivity contribution in [3.8, 4) is 0 Å². The zero-order valence-corrected chi connectivity index (χ0v) is 12.8. The van der Waals surface area contributed by atoms with Crippen molar-refractivity contribution < 1.29 is 18.9 Å². The molecule has 0 spiro atoms. The van der Waals surface area contributed by atoms with E-state index in [1.165, 1.54) is 0 Å². The number of ether oxygens (including phenoxy) is 4. The molecule has 0 aromatic carbocycles. The van der Waals surface area contributed by atoms with Gasteiger partial charge >= 0.3 is 0 Å². The van der Waals surface area contributed by atoms with E-state index in [-0.39, 0.29) is 0 Å². The predicted octanol–water partition coefficient (Wildman–Crippen LogP) is 1.32. The minimum atomic E-state index is 0.614. The average molecular weight is 277 g/mol. The number of hydrogen-bond acceptors (Lipinski definition) is 5. The summed E-state index contributed by atoms with van der Waals surface area (Å²) in [6.45, 7) is 11.1. The van der Waals surface area contributed by atoms with E-state index < -0.39 is 0 Å². The fourth-order valence-electron chi connectivity index (χ4n) is 1.37. The fourth-order valence-corrected chi connectivity index (χ4v) is 1.37. The van der Waals surface area contributed by atoms with Crippen molar-refractivity contribution in [1.82, 2.24) is 5.32 Å². The second-order valence-electron chi connectivity index (χ2n) is 4.78. The maximum Gasteiger partial charge on any atom is 0.0701 e. The molecule has 0 unspecified atom stereocenters. The van der Waals surface area contributed by atoms with Gasteiger partial charge in [-0.1, -0.05) is 13.8 Å². The maximum absolute atomic E-state index is 5.46. The number of hydrogen-bond donors (Lipinski definition) is 1. The van der Waals surface area contributed by atoms with Crippen LogP contribution in [0.25, 0.3) is 0 Å². The van der Waals surface area contributed by atoms with Gasteiger partial charge in [0.05, 0.1) is 39.6 Å². The van der Waals surface area contributed by atoms with Gasteiger partial charge in [-0.25, -0.2) is 0 Å². The van der Waals surface area contributed by atoms with Gasteiger partial charge in [0.25, 0.3) is 0 Å². The van der Waals surface area contributed by atoms with Gasteiger partial charge in [0.1, 0.15) is 0 Å². The van der Waals surface area contributed by atoms with Gasteiger partial charge in [-0.05, 0) is 25.4 Å². The van der Waals surface area contributed by atoms with Crippen LogP contribution in [0, 0.1) is 5.92 Å². The molecule has 0 radical (unpaired) electrons. The summed E-state index contributed by atoms with van der Waals surface area (Å²) in [5, 5.41) is 3.38. The summed E-state index contributed by atoms with van der Waals surface area (Å²) in [4.78, 5) is 0. The molecule has 0 bridgehead atoms. The van der Waals surface area contributed by atoms with E-state index in [0.29, 0.717) is 45.6 Å². The highest BCUT2D eigenvalue weighted by Gasteiger charge is 1.94. The van der Waals surface area contributed by atoms with Crippen molar-refractivity contribution in [2.24, 2.45) is 5.92 Å². The van der Waals surface area contributed by atoms with E-state index >= 15 is 0 Å². The van der Waals surface area contributed by atoms with Gasteiger partial charge in [0.15, 0.2) is 0 Å². The molecule has 0 aliphatic rings. The van der Waals surface area contributed by atoms with Crippen LogP contribution in [0.1, 0.15) is 20.3 Å². The lowest BCUT2D eigenvalue weighted by Crippen LogP contribution is -2.22. The summed E-state index contributed by atoms with van der Waals surface area (Å²) < 4.78 is 21.0. The highest BCUT2D eigenvalue weighted by atomic mass is 16.6. The van der Waals surface area contributed by atoms with E-state index in [2.05, 4.69) is 19.2 Å². The highest BCUT2D eigenvalue weighted by Crippen LogP contribution is 1.88. The number of nitrogens with one attached hydrogen (secondary N) is 1. The maximum atomic E-state index is 5.46. The van der Waals surface area contributed by atoms with E-state index in [0.717, 1.165) is 26.1 Å². The first-order valence-corrected chi connectivity index (χ1v) is 7.20. The Hall–Kier alpha value is -0.200. The van der Waals surface area contributed by atoms with E-state index in [4.69, 9.17) is 18.9 Å². The second-order valence-corrected chi connectivity index (χ2v) is 4.78. The molecule has 19 heavy (non-hydrogen) atoms. The first-order chi connectivity index (χ1) is 9.27. The Morgan fingerprint density at radius 2 is 1.32 bits per heavy atom. The lowest BCUT2D eigenvalue weighted by molar-refractivity contribution is 0.00345. The molecular formula is C14H31NO4. The van der Waals surface area contributed by atoms with Crippen LogP contribution in [0.2, 0.25) is 0 Å². The molecule has 116 valence electrons. The first kappa shape index (κ1) is 18.8. The fraction of sp³-hybridized carbons (Fsp3) is 1.00. The molecule has 5 nitrogen and oxygen atoms in total. The van der Waals surface area contributed by atoms with Crippen molar-refractivity contribution in [2.45, 2.75) is 20.3 Å². The molecule has 5 heteroatoms. The molecule has 0 rings (SSSR count). The van der Waals surface area contributed by atoms with E-state index in [1.807, 2.05) is 0 Å². The third kappa shape index (κ3) is 17.8. The Morgan fingerprint density at radius 3 is 1.84 bits per heavy atom. The summed E-state index contributed by atoms with van der Waals surface area (Å²) in [7, 11) is 1.66. The van der Waals surface area contributed by atoms with Crippen molar-refractivity contribution in [3.05, 3.63) is 0 Å². The SMILES string of the molecule is COCCOCCOCCOCCCNCC(C)C. The van der Waals surface area contributed by atoms with Crippen LogP contribution < -0.4 is 5.32 Å². The summed E-state index contributed by atoms with van der Waals surface area (Å²) >= 11 is 0. The quantitative estimate of drug-likeness (QED) is 0.458. The van der Waals surface area contributed by atoms with Crippen LogP contribution >= 0.6 is 0 Å². The minimum Gasteiger partial charge on any atom is -0.382 e. The Labute approximate surface area is 117 Å². The summed E-state index contributed by atoms with van der Waals surface area (Å²) in [5.41, 5.74) is 0. The second kappa shape index (κ2) is 15.9. The standard InChI is InChI=1S/C14H31NO4/c1-14(2)13-15-5-4-6-17-9-10-19-12-11-18-8-7-16-3/h14-15H,4-13H2,1-3H3. The van der Waals surface area contributed by atoms with Crippen LogP contribution in [-0.4, -0.2) is 66.4 Å². The van der Waals surface area contributed by atoms with Gasteiger partial charge in [-0.3, -0.25) is 0 Å². The predicted molar refractivity (Wildman–Crippen MR) is 76.7 cm³/mol. The van der Waals surface area contributed by atoms with Crippen molar-refractivity contribution >= 4 is 0 Å². The van der Waals surface area contributed by atoms with Gasteiger partial charge in [-0.15, -0.1) is 0 Å². The van der Waals surface area contributed by atoms with Crippen molar-refractivity contribution in [1.29, 1.82) is 0 Å². The highest BCUT2D eigenvalue weighted by molar-refractivity contribution is 4.50. The average Bonchev–Trinajstić information content (AvgIpc) is 2.39.